The van der Waals surface area contributed by atoms with Crippen molar-refractivity contribution in [1.82, 2.24) is 9.97 Å². The number of nitrogens with zero attached hydrogens (tertiary/aromatic N) is 4. The molecular formula is C25H22N4O2. The van der Waals surface area contributed by atoms with Crippen LogP contribution in [0.15, 0.2) is 90.0 Å². The maximum Gasteiger partial charge on any atom is 0.247 e. The second-order valence-corrected chi connectivity index (χ2v) is 6.87. The molecule has 0 aliphatic heterocycles. The normalized spacial score (nSPS) is 10.9. The van der Waals surface area contributed by atoms with Crippen molar-refractivity contribution < 1.29 is 9.84 Å². The van der Waals surface area contributed by atoms with Gasteiger partial charge in [-0.3, -0.25) is 0 Å². The second kappa shape index (κ2) is 9.09. The highest BCUT2D eigenvalue weighted by Crippen LogP contribution is 2.27. The van der Waals surface area contributed by atoms with E-state index in [2.05, 4.69) is 5.10 Å². The van der Waals surface area contributed by atoms with Crippen molar-refractivity contribution in [3.63, 3.8) is 0 Å². The van der Waals surface area contributed by atoms with Gasteiger partial charge in [-0.1, -0.05) is 60.7 Å². The van der Waals surface area contributed by atoms with E-state index in [1.54, 1.807) is 30.4 Å². The van der Waals surface area contributed by atoms with Crippen LogP contribution in [-0.2, 0) is 0 Å². The third-order valence-corrected chi connectivity index (χ3v) is 4.73. The van der Waals surface area contributed by atoms with Crippen LogP contribution in [0.3, 0.4) is 0 Å². The summed E-state index contributed by atoms with van der Waals surface area (Å²) in [5.74, 6) is 0.939. The van der Waals surface area contributed by atoms with E-state index in [1.165, 1.54) is 7.11 Å². The van der Waals surface area contributed by atoms with E-state index in [4.69, 9.17) is 14.7 Å². The third-order valence-electron chi connectivity index (χ3n) is 4.73. The van der Waals surface area contributed by atoms with E-state index >= 15 is 0 Å². The van der Waals surface area contributed by atoms with Crippen LogP contribution in [0.5, 0.6) is 11.5 Å². The Labute approximate surface area is 181 Å². The summed E-state index contributed by atoms with van der Waals surface area (Å²) in [6.45, 7) is 0. The fourth-order valence-corrected chi connectivity index (χ4v) is 3.09. The minimum Gasteiger partial charge on any atom is -0.504 e. The van der Waals surface area contributed by atoms with Crippen LogP contribution in [0, 0.1) is 0 Å². The Morgan fingerprint density at radius 2 is 1.42 bits per heavy atom. The first-order valence-electron chi connectivity index (χ1n) is 9.78. The molecule has 31 heavy (non-hydrogen) atoms. The van der Waals surface area contributed by atoms with E-state index in [1.807, 2.05) is 72.8 Å². The van der Waals surface area contributed by atoms with Gasteiger partial charge in [0.1, 0.15) is 0 Å². The molecule has 0 fully saturated rings. The van der Waals surface area contributed by atoms with Crippen molar-refractivity contribution >= 4 is 12.2 Å². The number of benzene rings is 3. The monoisotopic (exact) mass is 410 g/mol. The summed E-state index contributed by atoms with van der Waals surface area (Å²) < 4.78 is 5.08. The molecule has 0 aliphatic carbocycles. The van der Waals surface area contributed by atoms with Crippen LogP contribution >= 0.6 is 0 Å². The van der Waals surface area contributed by atoms with Crippen molar-refractivity contribution in [2.75, 3.05) is 19.2 Å². The molecule has 1 aromatic heterocycles. The Balaban J connectivity index is 1.70. The summed E-state index contributed by atoms with van der Waals surface area (Å²) in [5, 5.41) is 16.0. The van der Waals surface area contributed by atoms with Gasteiger partial charge in [-0.05, 0) is 29.8 Å². The summed E-state index contributed by atoms with van der Waals surface area (Å²) in [5.41, 5.74) is 4.36. The molecule has 0 radical (unpaired) electrons. The lowest BCUT2D eigenvalue weighted by atomic mass is 10.1. The summed E-state index contributed by atoms with van der Waals surface area (Å²) in [6.07, 6.45) is 1.64. The van der Waals surface area contributed by atoms with Gasteiger partial charge in [0.15, 0.2) is 11.5 Å². The van der Waals surface area contributed by atoms with Crippen molar-refractivity contribution in [1.29, 1.82) is 0 Å². The molecule has 6 nitrogen and oxygen atoms in total. The molecule has 0 saturated heterocycles. The number of aromatic hydroxyl groups is 1. The van der Waals surface area contributed by atoms with Crippen LogP contribution in [-0.4, -0.2) is 35.4 Å². The number of methoxy groups -OCH3 is 1. The molecule has 1 N–H and O–H groups in total. The number of anilines is 1. The van der Waals surface area contributed by atoms with Gasteiger partial charge in [-0.2, -0.15) is 5.10 Å². The highest BCUT2D eigenvalue weighted by atomic mass is 16.5. The Bertz CT molecular complexity index is 1140. The van der Waals surface area contributed by atoms with Gasteiger partial charge in [0.25, 0.3) is 0 Å². The maximum absolute atomic E-state index is 9.97. The van der Waals surface area contributed by atoms with E-state index in [-0.39, 0.29) is 5.75 Å². The van der Waals surface area contributed by atoms with Crippen LogP contribution in [0.2, 0.25) is 0 Å². The number of hydrogen-bond donors (Lipinski definition) is 1. The number of ether oxygens (including phenoxy) is 1. The number of aromatic nitrogens is 2. The average molecular weight is 410 g/mol. The molecule has 4 aromatic rings. The van der Waals surface area contributed by atoms with Crippen LogP contribution in [0.25, 0.3) is 22.5 Å². The highest BCUT2D eigenvalue weighted by molar-refractivity contribution is 5.81. The lowest BCUT2D eigenvalue weighted by molar-refractivity contribution is 0.373. The minimum atomic E-state index is 0.0581. The van der Waals surface area contributed by atoms with Gasteiger partial charge in [-0.25, -0.2) is 15.0 Å². The first-order chi connectivity index (χ1) is 15.1. The van der Waals surface area contributed by atoms with Crippen LogP contribution in [0.4, 0.5) is 5.95 Å². The summed E-state index contributed by atoms with van der Waals surface area (Å²) in [4.78, 5) is 9.44. The number of rotatable bonds is 6. The van der Waals surface area contributed by atoms with Gasteiger partial charge < -0.3 is 9.84 Å². The highest BCUT2D eigenvalue weighted by Gasteiger charge is 2.11. The third kappa shape index (κ3) is 4.70. The molecule has 0 atom stereocenters. The second-order valence-electron chi connectivity index (χ2n) is 6.87. The fraction of sp³-hybridized carbons (Fsp3) is 0.0800. The Morgan fingerprint density at radius 3 is 1.94 bits per heavy atom. The fourth-order valence-electron chi connectivity index (χ4n) is 3.09. The van der Waals surface area contributed by atoms with E-state index in [0.29, 0.717) is 11.7 Å². The van der Waals surface area contributed by atoms with E-state index in [9.17, 15) is 5.11 Å². The van der Waals surface area contributed by atoms with Crippen molar-refractivity contribution in [2.24, 2.45) is 5.10 Å². The first kappa shape index (κ1) is 20.1. The predicted molar refractivity (Wildman–Crippen MR) is 124 cm³/mol. The van der Waals surface area contributed by atoms with Gasteiger partial charge >= 0.3 is 0 Å². The number of phenolic OH excluding ortho intramolecular Hbond substituents is 1. The Hall–Kier alpha value is -4.19. The topological polar surface area (TPSA) is 70.8 Å². The minimum absolute atomic E-state index is 0.0581. The molecular weight excluding hydrogens is 388 g/mol. The van der Waals surface area contributed by atoms with Crippen molar-refractivity contribution in [3.8, 4) is 34.0 Å². The molecule has 0 bridgehead atoms. The van der Waals surface area contributed by atoms with Crippen LogP contribution in [0.1, 0.15) is 5.56 Å². The zero-order valence-electron chi connectivity index (χ0n) is 17.3. The maximum atomic E-state index is 9.97. The average Bonchev–Trinajstić information content (AvgIpc) is 2.83. The zero-order valence-corrected chi connectivity index (χ0v) is 17.3. The standard InChI is InChI=1S/C25H22N4O2/c1-29(26-17-18-13-14-24(31-2)23(30)15-18)25-27-21(19-9-5-3-6-10-19)16-22(28-25)20-11-7-4-8-12-20/h3-17,30H,1-2H3. The Kier molecular flexibility index (Phi) is 5.89. The SMILES string of the molecule is COc1ccc(C=NN(C)c2nc(-c3ccccc3)cc(-c3ccccc3)n2)cc1O. The largest absolute Gasteiger partial charge is 0.504 e. The van der Waals surface area contributed by atoms with Crippen LogP contribution < -0.4 is 9.75 Å². The number of hydrazone groups is 1. The van der Waals surface area contributed by atoms with Crippen molar-refractivity contribution in [2.45, 2.75) is 0 Å². The summed E-state index contributed by atoms with van der Waals surface area (Å²) in [7, 11) is 3.30. The molecule has 0 aliphatic rings. The lowest BCUT2D eigenvalue weighted by Gasteiger charge is -2.14. The van der Waals surface area contributed by atoms with E-state index in [0.717, 1.165) is 28.1 Å². The van der Waals surface area contributed by atoms with E-state index < -0.39 is 0 Å². The van der Waals surface area contributed by atoms with Crippen molar-refractivity contribution in [3.05, 3.63) is 90.5 Å². The quantitative estimate of drug-likeness (QED) is 0.358. The van der Waals surface area contributed by atoms with Gasteiger partial charge in [0.05, 0.1) is 24.7 Å². The Morgan fingerprint density at radius 1 is 0.839 bits per heavy atom. The lowest BCUT2D eigenvalue weighted by Crippen LogP contribution is -2.13. The van der Waals surface area contributed by atoms with Gasteiger partial charge in [0, 0.05) is 18.2 Å². The zero-order chi connectivity index (χ0) is 21.6. The molecule has 0 unspecified atom stereocenters. The number of phenols is 1. The smallest absolute Gasteiger partial charge is 0.247 e. The molecule has 3 aromatic carbocycles. The summed E-state index contributed by atoms with van der Waals surface area (Å²) in [6, 6.07) is 27.0. The molecule has 0 saturated carbocycles. The van der Waals surface area contributed by atoms with Gasteiger partial charge in [-0.15, -0.1) is 0 Å². The molecule has 0 spiro atoms. The van der Waals surface area contributed by atoms with Gasteiger partial charge in [0.2, 0.25) is 5.95 Å². The summed E-state index contributed by atoms with van der Waals surface area (Å²) >= 11 is 0. The number of hydrogen-bond acceptors (Lipinski definition) is 6. The first-order valence-corrected chi connectivity index (χ1v) is 9.78. The molecule has 154 valence electrons. The molecule has 4 rings (SSSR count). The molecule has 6 heteroatoms. The predicted octanol–water partition coefficient (Wildman–Crippen LogP) is 5.00. The molecule has 0 amide bonds. The molecule has 1 heterocycles.